The third kappa shape index (κ3) is 2.64. The van der Waals surface area contributed by atoms with Crippen LogP contribution in [0.5, 0.6) is 0 Å². The first kappa shape index (κ1) is 8.67. The normalized spacial score (nSPS) is 15.8. The highest BCUT2D eigenvalue weighted by Gasteiger charge is 2.07. The second kappa shape index (κ2) is 4.54. The van der Waals surface area contributed by atoms with Crippen molar-refractivity contribution in [3.8, 4) is 0 Å². The lowest BCUT2D eigenvalue weighted by molar-refractivity contribution is -0.555. The molecule has 0 amide bonds. The molecule has 0 rings (SSSR count). The summed E-state index contributed by atoms with van der Waals surface area (Å²) in [6.07, 6.45) is 3.40. The highest BCUT2D eigenvalue weighted by Crippen LogP contribution is 1.93. The Morgan fingerprint density at radius 1 is 1.44 bits per heavy atom. The topological polar surface area (TPSA) is 3.01 Å². The Kier molecular flexibility index (Phi) is 4.37. The van der Waals surface area contributed by atoms with E-state index < -0.39 is 0 Å². The number of nitrogens with zero attached hydrogens (tertiary/aromatic N) is 1. The van der Waals surface area contributed by atoms with Crippen LogP contribution in [0.15, 0.2) is 0 Å². The molecule has 1 unspecified atom stereocenters. The van der Waals surface area contributed by atoms with Crippen LogP contribution in [0.2, 0.25) is 0 Å². The average molecular weight is 128 g/mol. The van der Waals surface area contributed by atoms with E-state index in [2.05, 4.69) is 38.5 Å². The van der Waals surface area contributed by atoms with Crippen molar-refractivity contribution in [2.24, 2.45) is 0 Å². The summed E-state index contributed by atoms with van der Waals surface area (Å²) in [6, 6.07) is 0.708. The zero-order chi connectivity index (χ0) is 7.28. The summed E-state index contributed by atoms with van der Waals surface area (Å²) < 4.78 is 2.35. The maximum atomic E-state index is 2.35. The number of hydrogen-bond donors (Lipinski definition) is 0. The monoisotopic (exact) mass is 128 g/mol. The lowest BCUT2D eigenvalue weighted by atomic mass is 10.2. The summed E-state index contributed by atoms with van der Waals surface area (Å²) in [5.74, 6) is 0. The molecule has 0 radical (unpaired) electrons. The van der Waals surface area contributed by atoms with Crippen LogP contribution in [0.4, 0.5) is 0 Å². The van der Waals surface area contributed by atoms with Crippen LogP contribution in [0.1, 0.15) is 34.1 Å². The van der Waals surface area contributed by atoms with Crippen molar-refractivity contribution >= 4 is 6.21 Å². The molecule has 0 aromatic rings. The van der Waals surface area contributed by atoms with Gasteiger partial charge in [0.2, 0.25) is 0 Å². The number of rotatable bonds is 3. The summed E-state index contributed by atoms with van der Waals surface area (Å²) in [6.45, 7) is 9.88. The molecule has 0 aliphatic rings. The first-order valence-electron chi connectivity index (χ1n) is 3.81. The van der Waals surface area contributed by atoms with E-state index in [0.29, 0.717) is 6.04 Å². The molecule has 0 spiro atoms. The van der Waals surface area contributed by atoms with Gasteiger partial charge in [-0.3, -0.25) is 0 Å². The fourth-order valence-corrected chi connectivity index (χ4v) is 0.983. The molecule has 0 fully saturated rings. The first-order chi connectivity index (χ1) is 4.26. The Morgan fingerprint density at radius 2 is 2.00 bits per heavy atom. The van der Waals surface area contributed by atoms with Crippen LogP contribution in [-0.2, 0) is 0 Å². The Balaban J connectivity index is 3.80. The van der Waals surface area contributed by atoms with E-state index in [0.717, 1.165) is 6.54 Å². The van der Waals surface area contributed by atoms with Gasteiger partial charge in [0, 0.05) is 13.3 Å². The Labute approximate surface area is 58.4 Å². The molecule has 0 aliphatic heterocycles. The minimum atomic E-state index is 0.708. The molecule has 54 valence electrons. The Hall–Kier alpha value is -0.330. The van der Waals surface area contributed by atoms with Gasteiger partial charge in [0.25, 0.3) is 0 Å². The SMILES string of the molecule is C/C=[N+](\CC)C(C)CC. The molecule has 0 N–H and O–H groups in total. The van der Waals surface area contributed by atoms with Crippen molar-refractivity contribution < 1.29 is 4.58 Å². The lowest BCUT2D eigenvalue weighted by Crippen LogP contribution is -2.22. The van der Waals surface area contributed by atoms with E-state index >= 15 is 0 Å². The fourth-order valence-electron chi connectivity index (χ4n) is 0.983. The summed E-state index contributed by atoms with van der Waals surface area (Å²) in [5.41, 5.74) is 0. The lowest BCUT2D eigenvalue weighted by Gasteiger charge is -2.05. The molecule has 0 aromatic carbocycles. The standard InChI is InChI=1S/C8H18N/c1-5-8(4)9(6-2)7-3/h6,8H,5,7H2,1-4H3/q+1/b9-6+. The van der Waals surface area contributed by atoms with Crippen molar-refractivity contribution in [3.63, 3.8) is 0 Å². The van der Waals surface area contributed by atoms with E-state index in [4.69, 9.17) is 0 Å². The molecule has 1 heteroatoms. The van der Waals surface area contributed by atoms with Gasteiger partial charge < -0.3 is 0 Å². The number of hydrogen-bond acceptors (Lipinski definition) is 0. The quantitative estimate of drug-likeness (QED) is 0.403. The van der Waals surface area contributed by atoms with E-state index in [1.54, 1.807) is 0 Å². The van der Waals surface area contributed by atoms with E-state index in [1.165, 1.54) is 6.42 Å². The van der Waals surface area contributed by atoms with E-state index in [1.807, 2.05) is 0 Å². The third-order valence-electron chi connectivity index (χ3n) is 1.85. The molecule has 0 bridgehead atoms. The molecular formula is C8H18N+. The molecule has 0 aliphatic carbocycles. The predicted molar refractivity (Wildman–Crippen MR) is 42.3 cm³/mol. The Morgan fingerprint density at radius 3 is 2.11 bits per heavy atom. The minimum Gasteiger partial charge on any atom is -0.238 e. The largest absolute Gasteiger partial charge is 0.238 e. The highest BCUT2D eigenvalue weighted by atomic mass is 15.0. The fraction of sp³-hybridized carbons (Fsp3) is 0.875. The summed E-state index contributed by atoms with van der Waals surface area (Å²) in [5, 5.41) is 0. The van der Waals surface area contributed by atoms with Gasteiger partial charge in [-0.05, 0) is 13.8 Å². The van der Waals surface area contributed by atoms with Crippen LogP contribution >= 0.6 is 0 Å². The maximum absolute atomic E-state index is 2.35. The molecule has 0 heterocycles. The van der Waals surface area contributed by atoms with Gasteiger partial charge in [-0.15, -0.1) is 0 Å². The van der Waals surface area contributed by atoms with Gasteiger partial charge in [0.05, 0.1) is 0 Å². The molecule has 0 saturated heterocycles. The van der Waals surface area contributed by atoms with Gasteiger partial charge in [-0.1, -0.05) is 6.92 Å². The third-order valence-corrected chi connectivity index (χ3v) is 1.85. The molecule has 9 heavy (non-hydrogen) atoms. The van der Waals surface area contributed by atoms with Gasteiger partial charge in [-0.25, -0.2) is 4.58 Å². The van der Waals surface area contributed by atoms with Crippen LogP contribution in [0.3, 0.4) is 0 Å². The van der Waals surface area contributed by atoms with Crippen molar-refractivity contribution in [3.05, 3.63) is 0 Å². The molecule has 1 atom stereocenters. The zero-order valence-corrected chi connectivity index (χ0v) is 7.02. The minimum absolute atomic E-state index is 0.708. The van der Waals surface area contributed by atoms with Crippen molar-refractivity contribution in [1.82, 2.24) is 0 Å². The van der Waals surface area contributed by atoms with E-state index in [-0.39, 0.29) is 0 Å². The van der Waals surface area contributed by atoms with Gasteiger partial charge in [-0.2, -0.15) is 0 Å². The molecule has 1 nitrogen and oxygen atoms in total. The predicted octanol–water partition coefficient (Wildman–Crippen LogP) is 1.91. The zero-order valence-electron chi connectivity index (χ0n) is 7.02. The van der Waals surface area contributed by atoms with Crippen LogP contribution in [0, 0.1) is 0 Å². The van der Waals surface area contributed by atoms with E-state index in [9.17, 15) is 0 Å². The van der Waals surface area contributed by atoms with Crippen molar-refractivity contribution in [1.29, 1.82) is 0 Å². The van der Waals surface area contributed by atoms with Crippen LogP contribution in [-0.4, -0.2) is 23.4 Å². The Bertz CT molecular complexity index is 94.7. The first-order valence-corrected chi connectivity index (χ1v) is 3.81. The second-order valence-corrected chi connectivity index (χ2v) is 2.35. The van der Waals surface area contributed by atoms with Gasteiger partial charge >= 0.3 is 0 Å². The van der Waals surface area contributed by atoms with Crippen molar-refractivity contribution in [2.45, 2.75) is 40.2 Å². The van der Waals surface area contributed by atoms with Crippen molar-refractivity contribution in [2.75, 3.05) is 6.54 Å². The molecule has 0 aromatic heterocycles. The van der Waals surface area contributed by atoms with Crippen LogP contribution < -0.4 is 0 Å². The summed E-state index contributed by atoms with van der Waals surface area (Å²) in [4.78, 5) is 0. The average Bonchev–Trinajstić information content (AvgIpc) is 1.90. The summed E-state index contributed by atoms with van der Waals surface area (Å²) in [7, 11) is 0. The maximum Gasteiger partial charge on any atom is 0.149 e. The van der Waals surface area contributed by atoms with Crippen LogP contribution in [0.25, 0.3) is 0 Å². The molecular weight excluding hydrogens is 110 g/mol. The van der Waals surface area contributed by atoms with Gasteiger partial charge in [0.15, 0.2) is 0 Å². The second-order valence-electron chi connectivity index (χ2n) is 2.35. The highest BCUT2D eigenvalue weighted by molar-refractivity contribution is 5.46. The molecule has 0 saturated carbocycles. The summed E-state index contributed by atoms with van der Waals surface area (Å²) >= 11 is 0. The smallest absolute Gasteiger partial charge is 0.149 e. The van der Waals surface area contributed by atoms with Gasteiger partial charge in [0.1, 0.15) is 18.8 Å².